The second-order valence-electron chi connectivity index (χ2n) is 7.41. The number of hydrogen-bond acceptors (Lipinski definition) is 4. The number of aliphatic hydroxyl groups excluding tert-OH is 3. The molecule has 0 aliphatic heterocycles. The molecule has 1 aliphatic rings. The molecule has 5 atom stereocenters. The van der Waals surface area contributed by atoms with Crippen LogP contribution in [0, 0.1) is 11.8 Å². The largest absolute Gasteiger partial charge is 0.481 e. The summed E-state index contributed by atoms with van der Waals surface area (Å²) in [7, 11) is 0. The lowest BCUT2D eigenvalue weighted by molar-refractivity contribution is -0.137. The lowest BCUT2D eigenvalue weighted by Crippen LogP contribution is -2.21. The van der Waals surface area contributed by atoms with Crippen molar-refractivity contribution in [3.05, 3.63) is 12.2 Å². The highest BCUT2D eigenvalue weighted by Crippen LogP contribution is 2.37. The van der Waals surface area contributed by atoms with Crippen LogP contribution < -0.4 is 0 Å². The first-order chi connectivity index (χ1) is 12.0. The summed E-state index contributed by atoms with van der Waals surface area (Å²) < 4.78 is 0. The molecule has 0 heterocycles. The van der Waals surface area contributed by atoms with E-state index >= 15 is 0 Å². The minimum absolute atomic E-state index is 0.0218. The standard InChI is InChI=1S/C20H36O5/c1-2-3-6-9-15(21)12-13-17-16(18(22)14-19(17)23)10-7-4-5-8-11-20(24)25/h12-13,15-19,21-23H,2-11,14H2,1H3,(H,24,25)/b13-12+/t15?,16-,17-,18?,19?/m1/s1. The van der Waals surface area contributed by atoms with Crippen LogP contribution >= 0.6 is 0 Å². The van der Waals surface area contributed by atoms with Crippen LogP contribution in [0.1, 0.15) is 77.6 Å². The monoisotopic (exact) mass is 356 g/mol. The molecule has 0 aromatic carbocycles. The lowest BCUT2D eigenvalue weighted by atomic mass is 9.88. The predicted molar refractivity (Wildman–Crippen MR) is 98.2 cm³/mol. The van der Waals surface area contributed by atoms with Gasteiger partial charge in [0.1, 0.15) is 0 Å². The average molecular weight is 357 g/mol. The molecule has 1 fully saturated rings. The van der Waals surface area contributed by atoms with Crippen LogP contribution in [0.5, 0.6) is 0 Å². The van der Waals surface area contributed by atoms with Crippen LogP contribution in [0.25, 0.3) is 0 Å². The fourth-order valence-corrected chi connectivity index (χ4v) is 3.74. The zero-order valence-electron chi connectivity index (χ0n) is 15.5. The molecule has 0 aromatic rings. The third kappa shape index (κ3) is 8.84. The van der Waals surface area contributed by atoms with E-state index in [-0.39, 0.29) is 18.3 Å². The average Bonchev–Trinajstić information content (AvgIpc) is 2.82. The van der Waals surface area contributed by atoms with E-state index in [0.29, 0.717) is 12.8 Å². The summed E-state index contributed by atoms with van der Waals surface area (Å²) >= 11 is 0. The lowest BCUT2D eigenvalue weighted by Gasteiger charge is -2.21. The maximum absolute atomic E-state index is 10.5. The summed E-state index contributed by atoms with van der Waals surface area (Å²) in [5.41, 5.74) is 0. The first kappa shape index (κ1) is 22.1. The van der Waals surface area contributed by atoms with Crippen molar-refractivity contribution in [1.29, 1.82) is 0 Å². The van der Waals surface area contributed by atoms with Gasteiger partial charge in [0.25, 0.3) is 0 Å². The molecular weight excluding hydrogens is 320 g/mol. The van der Waals surface area contributed by atoms with Gasteiger partial charge in [0.05, 0.1) is 18.3 Å². The molecule has 1 aliphatic carbocycles. The Morgan fingerprint density at radius 2 is 1.80 bits per heavy atom. The van der Waals surface area contributed by atoms with Gasteiger partial charge < -0.3 is 20.4 Å². The Labute approximate surface area is 151 Å². The van der Waals surface area contributed by atoms with Gasteiger partial charge in [-0.05, 0) is 25.2 Å². The molecule has 1 rings (SSSR count). The highest BCUT2D eigenvalue weighted by atomic mass is 16.4. The zero-order valence-corrected chi connectivity index (χ0v) is 15.5. The van der Waals surface area contributed by atoms with Crippen LogP contribution in [0.4, 0.5) is 0 Å². The van der Waals surface area contributed by atoms with E-state index in [1.807, 2.05) is 6.08 Å². The fraction of sp³-hybridized carbons (Fsp3) is 0.850. The van der Waals surface area contributed by atoms with Crippen molar-refractivity contribution < 1.29 is 25.2 Å². The summed E-state index contributed by atoms with van der Waals surface area (Å²) in [5.74, 6) is -0.833. The minimum atomic E-state index is -0.753. The molecule has 0 aromatic heterocycles. The molecule has 5 nitrogen and oxygen atoms in total. The van der Waals surface area contributed by atoms with Crippen molar-refractivity contribution >= 4 is 5.97 Å². The van der Waals surface area contributed by atoms with Gasteiger partial charge in [-0.15, -0.1) is 0 Å². The summed E-state index contributed by atoms with van der Waals surface area (Å²) in [6, 6.07) is 0. The first-order valence-corrected chi connectivity index (χ1v) is 9.90. The number of rotatable bonds is 13. The van der Waals surface area contributed by atoms with E-state index in [4.69, 9.17) is 5.11 Å². The fourth-order valence-electron chi connectivity index (χ4n) is 3.74. The van der Waals surface area contributed by atoms with Gasteiger partial charge in [-0.25, -0.2) is 0 Å². The highest BCUT2D eigenvalue weighted by molar-refractivity contribution is 5.66. The van der Waals surface area contributed by atoms with Crippen molar-refractivity contribution in [2.45, 2.75) is 95.9 Å². The van der Waals surface area contributed by atoms with E-state index in [1.54, 1.807) is 6.08 Å². The van der Waals surface area contributed by atoms with Crippen LogP contribution in [0.15, 0.2) is 12.2 Å². The Balaban J connectivity index is 2.38. The molecular formula is C20H36O5. The molecule has 0 radical (unpaired) electrons. The van der Waals surface area contributed by atoms with Gasteiger partial charge >= 0.3 is 5.97 Å². The Kier molecular flexibility index (Phi) is 11.0. The molecule has 1 saturated carbocycles. The Hall–Kier alpha value is -0.910. The summed E-state index contributed by atoms with van der Waals surface area (Å²) in [6.45, 7) is 2.13. The van der Waals surface area contributed by atoms with Crippen molar-refractivity contribution in [2.24, 2.45) is 11.8 Å². The molecule has 146 valence electrons. The molecule has 0 saturated heterocycles. The Morgan fingerprint density at radius 1 is 1.08 bits per heavy atom. The predicted octanol–water partition coefficient (Wildman–Crippen LogP) is 3.27. The van der Waals surface area contributed by atoms with Gasteiger partial charge in [0.15, 0.2) is 0 Å². The quantitative estimate of drug-likeness (QED) is 0.300. The number of carboxylic acid groups (broad SMARTS) is 1. The smallest absolute Gasteiger partial charge is 0.303 e. The summed E-state index contributed by atoms with van der Waals surface area (Å²) in [6.07, 6.45) is 11.0. The topological polar surface area (TPSA) is 98.0 Å². The summed E-state index contributed by atoms with van der Waals surface area (Å²) in [5, 5.41) is 39.0. The van der Waals surface area contributed by atoms with Crippen LogP contribution in [-0.4, -0.2) is 44.7 Å². The van der Waals surface area contributed by atoms with Crippen molar-refractivity contribution in [2.75, 3.05) is 0 Å². The van der Waals surface area contributed by atoms with Crippen molar-refractivity contribution in [1.82, 2.24) is 0 Å². The number of unbranched alkanes of at least 4 members (excludes halogenated alkanes) is 5. The highest BCUT2D eigenvalue weighted by Gasteiger charge is 2.39. The molecule has 0 amide bonds. The molecule has 25 heavy (non-hydrogen) atoms. The van der Waals surface area contributed by atoms with E-state index in [9.17, 15) is 20.1 Å². The van der Waals surface area contributed by atoms with E-state index in [0.717, 1.165) is 51.4 Å². The maximum Gasteiger partial charge on any atom is 0.303 e. The molecule has 5 heteroatoms. The minimum Gasteiger partial charge on any atom is -0.481 e. The number of carbonyl (C=O) groups is 1. The Bertz CT molecular complexity index is 396. The van der Waals surface area contributed by atoms with E-state index < -0.39 is 24.3 Å². The normalized spacial score (nSPS) is 27.8. The van der Waals surface area contributed by atoms with Gasteiger partial charge in [-0.1, -0.05) is 57.6 Å². The third-order valence-corrected chi connectivity index (χ3v) is 5.25. The summed E-state index contributed by atoms with van der Waals surface area (Å²) in [4.78, 5) is 10.5. The second kappa shape index (κ2) is 12.4. The van der Waals surface area contributed by atoms with Crippen molar-refractivity contribution in [3.63, 3.8) is 0 Å². The third-order valence-electron chi connectivity index (χ3n) is 5.25. The number of carboxylic acids is 1. The van der Waals surface area contributed by atoms with Crippen LogP contribution in [0.2, 0.25) is 0 Å². The van der Waals surface area contributed by atoms with Gasteiger partial charge in [0.2, 0.25) is 0 Å². The van der Waals surface area contributed by atoms with Crippen molar-refractivity contribution in [3.8, 4) is 0 Å². The molecule has 0 bridgehead atoms. The number of hydrogen-bond donors (Lipinski definition) is 4. The molecule has 0 spiro atoms. The van der Waals surface area contributed by atoms with Crippen LogP contribution in [-0.2, 0) is 4.79 Å². The van der Waals surface area contributed by atoms with E-state index in [2.05, 4.69) is 6.92 Å². The second-order valence-corrected chi connectivity index (χ2v) is 7.41. The van der Waals surface area contributed by atoms with Gasteiger partial charge in [-0.2, -0.15) is 0 Å². The maximum atomic E-state index is 10.5. The van der Waals surface area contributed by atoms with E-state index in [1.165, 1.54) is 0 Å². The number of aliphatic hydroxyl groups is 3. The first-order valence-electron chi connectivity index (χ1n) is 9.90. The Morgan fingerprint density at radius 3 is 2.48 bits per heavy atom. The van der Waals surface area contributed by atoms with Gasteiger partial charge in [-0.3, -0.25) is 4.79 Å². The molecule has 3 unspecified atom stereocenters. The van der Waals surface area contributed by atoms with Crippen LogP contribution in [0.3, 0.4) is 0 Å². The van der Waals surface area contributed by atoms with Gasteiger partial charge in [0, 0.05) is 18.8 Å². The zero-order chi connectivity index (χ0) is 18.7. The SMILES string of the molecule is CCCCCC(O)/C=C/[C@H]1C(O)CC(O)[C@@H]1CCCCCCC(=O)O. The number of aliphatic carboxylic acids is 1. The molecule has 4 N–H and O–H groups in total.